The van der Waals surface area contributed by atoms with E-state index in [2.05, 4.69) is 0 Å². The summed E-state index contributed by atoms with van der Waals surface area (Å²) in [6.07, 6.45) is 4.27. The van der Waals surface area contributed by atoms with Crippen molar-refractivity contribution in [3.05, 3.63) is 48.5 Å². The summed E-state index contributed by atoms with van der Waals surface area (Å²) in [4.78, 5) is 0. The van der Waals surface area contributed by atoms with E-state index in [1.54, 1.807) is 14.2 Å². The third kappa shape index (κ3) is 5.69. The van der Waals surface area contributed by atoms with Crippen molar-refractivity contribution < 1.29 is 18.9 Å². The average molecular weight is 330 g/mol. The lowest BCUT2D eigenvalue weighted by Gasteiger charge is -2.11. The molecule has 24 heavy (non-hydrogen) atoms. The second kappa shape index (κ2) is 10.4. The minimum absolute atomic E-state index is 0.702. The van der Waals surface area contributed by atoms with Gasteiger partial charge in [-0.1, -0.05) is 24.3 Å². The number of hydrogen-bond donors (Lipinski definition) is 0. The zero-order valence-corrected chi connectivity index (χ0v) is 14.5. The van der Waals surface area contributed by atoms with Crippen LogP contribution in [0.4, 0.5) is 0 Å². The number of ether oxygens (including phenoxy) is 4. The number of unbranched alkanes of at least 4 members (excludes halogenated alkanes) is 3. The van der Waals surface area contributed by atoms with Gasteiger partial charge in [0.15, 0.2) is 23.0 Å². The Labute approximate surface area is 144 Å². The van der Waals surface area contributed by atoms with Gasteiger partial charge < -0.3 is 18.9 Å². The van der Waals surface area contributed by atoms with Gasteiger partial charge in [0.1, 0.15) is 0 Å². The first kappa shape index (κ1) is 18.0. The minimum Gasteiger partial charge on any atom is -0.493 e. The molecule has 0 aromatic heterocycles. The maximum atomic E-state index is 5.76. The molecular formula is C20H26O4. The molecule has 0 amide bonds. The first-order chi connectivity index (χ1) is 11.8. The van der Waals surface area contributed by atoms with Crippen molar-refractivity contribution >= 4 is 0 Å². The van der Waals surface area contributed by atoms with Crippen LogP contribution in [0, 0.1) is 0 Å². The molecule has 0 atom stereocenters. The predicted molar refractivity (Wildman–Crippen MR) is 95.4 cm³/mol. The normalized spacial score (nSPS) is 10.2. The lowest BCUT2D eigenvalue weighted by atomic mass is 10.2. The average Bonchev–Trinajstić information content (AvgIpc) is 2.64. The molecule has 0 heterocycles. The molecule has 130 valence electrons. The lowest BCUT2D eigenvalue weighted by Crippen LogP contribution is -2.01. The van der Waals surface area contributed by atoms with Crippen molar-refractivity contribution in [2.45, 2.75) is 25.7 Å². The van der Waals surface area contributed by atoms with Crippen molar-refractivity contribution in [3.63, 3.8) is 0 Å². The molecule has 2 aromatic rings. The van der Waals surface area contributed by atoms with Crippen molar-refractivity contribution in [1.29, 1.82) is 0 Å². The standard InChI is InChI=1S/C20H26O4/c1-21-17-11-5-7-13-19(17)23-15-9-3-4-10-16-24-20-14-8-6-12-18(20)22-2/h5-8,11-14H,3-4,9-10,15-16H2,1-2H3. The molecule has 0 aliphatic carbocycles. The summed E-state index contributed by atoms with van der Waals surface area (Å²) >= 11 is 0. The smallest absolute Gasteiger partial charge is 0.161 e. The molecule has 0 fully saturated rings. The molecule has 0 unspecified atom stereocenters. The van der Waals surface area contributed by atoms with Crippen molar-refractivity contribution in [1.82, 2.24) is 0 Å². The molecule has 4 nitrogen and oxygen atoms in total. The monoisotopic (exact) mass is 330 g/mol. The summed E-state index contributed by atoms with van der Waals surface area (Å²) in [5.74, 6) is 3.17. The van der Waals surface area contributed by atoms with Crippen LogP contribution >= 0.6 is 0 Å². The van der Waals surface area contributed by atoms with Crippen molar-refractivity contribution in [3.8, 4) is 23.0 Å². The van der Waals surface area contributed by atoms with Crippen molar-refractivity contribution in [2.75, 3.05) is 27.4 Å². The van der Waals surface area contributed by atoms with Gasteiger partial charge in [-0.25, -0.2) is 0 Å². The van der Waals surface area contributed by atoms with E-state index < -0.39 is 0 Å². The summed E-state index contributed by atoms with van der Waals surface area (Å²) in [5.41, 5.74) is 0. The minimum atomic E-state index is 0.702. The number of methoxy groups -OCH3 is 2. The van der Waals surface area contributed by atoms with Gasteiger partial charge in [-0.15, -0.1) is 0 Å². The molecule has 0 saturated carbocycles. The Balaban J connectivity index is 1.56. The van der Waals surface area contributed by atoms with Crippen LogP contribution in [0.5, 0.6) is 23.0 Å². The van der Waals surface area contributed by atoms with Gasteiger partial charge in [0.25, 0.3) is 0 Å². The van der Waals surface area contributed by atoms with E-state index in [0.29, 0.717) is 13.2 Å². The van der Waals surface area contributed by atoms with Gasteiger partial charge in [0.2, 0.25) is 0 Å². The zero-order valence-electron chi connectivity index (χ0n) is 14.5. The van der Waals surface area contributed by atoms with Crippen LogP contribution in [0.15, 0.2) is 48.5 Å². The fourth-order valence-corrected chi connectivity index (χ4v) is 2.40. The summed E-state index contributed by atoms with van der Waals surface area (Å²) in [7, 11) is 3.31. The fourth-order valence-electron chi connectivity index (χ4n) is 2.40. The summed E-state index contributed by atoms with van der Waals surface area (Å²) < 4.78 is 22.1. The van der Waals surface area contributed by atoms with E-state index in [0.717, 1.165) is 48.7 Å². The van der Waals surface area contributed by atoms with E-state index in [-0.39, 0.29) is 0 Å². The maximum Gasteiger partial charge on any atom is 0.161 e. The van der Waals surface area contributed by atoms with E-state index in [9.17, 15) is 0 Å². The Bertz CT molecular complexity index is 544. The molecule has 0 spiro atoms. The van der Waals surface area contributed by atoms with Gasteiger partial charge in [0.05, 0.1) is 27.4 Å². The van der Waals surface area contributed by atoms with Gasteiger partial charge >= 0.3 is 0 Å². The molecular weight excluding hydrogens is 304 g/mol. The molecule has 0 saturated heterocycles. The van der Waals surface area contributed by atoms with Gasteiger partial charge in [-0.05, 0) is 49.9 Å². The quantitative estimate of drug-likeness (QED) is 0.559. The second-order valence-electron chi connectivity index (χ2n) is 5.41. The van der Waals surface area contributed by atoms with Crippen molar-refractivity contribution in [2.24, 2.45) is 0 Å². The Kier molecular flexibility index (Phi) is 7.81. The van der Waals surface area contributed by atoms with Crippen LogP contribution in [0.1, 0.15) is 25.7 Å². The Morgan fingerprint density at radius 1 is 0.542 bits per heavy atom. The topological polar surface area (TPSA) is 36.9 Å². The second-order valence-corrected chi connectivity index (χ2v) is 5.41. The van der Waals surface area contributed by atoms with Crippen LogP contribution in [0.2, 0.25) is 0 Å². The molecule has 2 rings (SSSR count). The van der Waals surface area contributed by atoms with Crippen LogP contribution in [-0.4, -0.2) is 27.4 Å². The third-order valence-corrected chi connectivity index (χ3v) is 3.69. The van der Waals surface area contributed by atoms with E-state index >= 15 is 0 Å². The van der Waals surface area contributed by atoms with Crippen LogP contribution in [-0.2, 0) is 0 Å². The fraction of sp³-hybridized carbons (Fsp3) is 0.400. The molecule has 4 heteroatoms. The van der Waals surface area contributed by atoms with E-state index in [1.165, 1.54) is 0 Å². The van der Waals surface area contributed by atoms with Crippen LogP contribution in [0.3, 0.4) is 0 Å². The van der Waals surface area contributed by atoms with E-state index in [4.69, 9.17) is 18.9 Å². The lowest BCUT2D eigenvalue weighted by molar-refractivity contribution is 0.271. The first-order valence-corrected chi connectivity index (χ1v) is 8.37. The molecule has 2 aromatic carbocycles. The Morgan fingerprint density at radius 2 is 0.917 bits per heavy atom. The molecule has 0 N–H and O–H groups in total. The van der Waals surface area contributed by atoms with Gasteiger partial charge in [-0.3, -0.25) is 0 Å². The number of benzene rings is 2. The first-order valence-electron chi connectivity index (χ1n) is 8.37. The highest BCUT2D eigenvalue weighted by atomic mass is 16.5. The number of rotatable bonds is 11. The highest BCUT2D eigenvalue weighted by Crippen LogP contribution is 2.27. The number of hydrogen-bond acceptors (Lipinski definition) is 4. The summed E-state index contributed by atoms with van der Waals surface area (Å²) in [6.45, 7) is 1.40. The SMILES string of the molecule is COc1ccccc1OCCCCCCOc1ccccc1OC. The zero-order chi connectivity index (χ0) is 17.0. The van der Waals surface area contributed by atoms with E-state index in [1.807, 2.05) is 48.5 Å². The molecule has 0 aliphatic rings. The summed E-state index contributed by atoms with van der Waals surface area (Å²) in [6, 6.07) is 15.5. The third-order valence-electron chi connectivity index (χ3n) is 3.69. The van der Waals surface area contributed by atoms with Crippen LogP contribution < -0.4 is 18.9 Å². The maximum absolute atomic E-state index is 5.76. The Hall–Kier alpha value is -2.36. The Morgan fingerprint density at radius 3 is 1.29 bits per heavy atom. The molecule has 0 radical (unpaired) electrons. The largest absolute Gasteiger partial charge is 0.493 e. The number of para-hydroxylation sites is 4. The summed E-state index contributed by atoms with van der Waals surface area (Å²) in [5, 5.41) is 0. The van der Waals surface area contributed by atoms with Crippen LogP contribution in [0.25, 0.3) is 0 Å². The molecule has 0 bridgehead atoms. The molecule has 0 aliphatic heterocycles. The van der Waals surface area contributed by atoms with Gasteiger partial charge in [-0.2, -0.15) is 0 Å². The predicted octanol–water partition coefficient (Wildman–Crippen LogP) is 4.72. The van der Waals surface area contributed by atoms with Gasteiger partial charge in [0, 0.05) is 0 Å². The highest BCUT2D eigenvalue weighted by Gasteiger charge is 2.03. The highest BCUT2D eigenvalue weighted by molar-refractivity contribution is 5.39.